The van der Waals surface area contributed by atoms with Gasteiger partial charge in [-0.1, -0.05) is 13.8 Å². The van der Waals surface area contributed by atoms with Gasteiger partial charge < -0.3 is 11.1 Å². The molecule has 0 bridgehead atoms. The summed E-state index contributed by atoms with van der Waals surface area (Å²) in [5, 5.41) is 2.84. The van der Waals surface area contributed by atoms with Crippen molar-refractivity contribution in [2.75, 3.05) is 6.54 Å². The molecule has 1 amide bonds. The van der Waals surface area contributed by atoms with Gasteiger partial charge in [0.1, 0.15) is 0 Å². The Bertz CT molecular complexity index is 187. The van der Waals surface area contributed by atoms with E-state index in [-0.39, 0.29) is 11.9 Å². The SMILES string of the molecule is C[C@H](N)C(=O)NCC1CC1(C)C. The summed E-state index contributed by atoms with van der Waals surface area (Å²) in [6.45, 7) is 6.92. The van der Waals surface area contributed by atoms with Crippen LogP contribution in [0.15, 0.2) is 0 Å². The highest BCUT2D eigenvalue weighted by atomic mass is 16.2. The number of rotatable bonds is 3. The highest BCUT2D eigenvalue weighted by molar-refractivity contribution is 5.80. The van der Waals surface area contributed by atoms with Gasteiger partial charge >= 0.3 is 0 Å². The Morgan fingerprint density at radius 3 is 2.58 bits per heavy atom. The van der Waals surface area contributed by atoms with Gasteiger partial charge in [-0.2, -0.15) is 0 Å². The van der Waals surface area contributed by atoms with Crippen LogP contribution in [0.5, 0.6) is 0 Å². The van der Waals surface area contributed by atoms with Crippen LogP contribution >= 0.6 is 0 Å². The Morgan fingerprint density at radius 1 is 1.75 bits per heavy atom. The van der Waals surface area contributed by atoms with Crippen molar-refractivity contribution in [3.05, 3.63) is 0 Å². The normalized spacial score (nSPS) is 27.8. The van der Waals surface area contributed by atoms with Crippen LogP contribution in [0.1, 0.15) is 27.2 Å². The van der Waals surface area contributed by atoms with E-state index in [0.29, 0.717) is 11.3 Å². The fraction of sp³-hybridized carbons (Fsp3) is 0.889. The number of carbonyl (C=O) groups excluding carboxylic acids is 1. The first-order valence-corrected chi connectivity index (χ1v) is 4.47. The number of nitrogens with one attached hydrogen (secondary N) is 1. The molecule has 3 N–H and O–H groups in total. The lowest BCUT2D eigenvalue weighted by molar-refractivity contribution is -0.122. The van der Waals surface area contributed by atoms with Crippen molar-refractivity contribution in [3.63, 3.8) is 0 Å². The summed E-state index contributed by atoms with van der Waals surface area (Å²) in [7, 11) is 0. The minimum Gasteiger partial charge on any atom is -0.354 e. The predicted molar refractivity (Wildman–Crippen MR) is 48.5 cm³/mol. The van der Waals surface area contributed by atoms with E-state index in [1.54, 1.807) is 6.92 Å². The summed E-state index contributed by atoms with van der Waals surface area (Å²) in [4.78, 5) is 11.0. The minimum atomic E-state index is -0.383. The summed E-state index contributed by atoms with van der Waals surface area (Å²) in [5.74, 6) is 0.609. The van der Waals surface area contributed by atoms with Crippen LogP contribution in [0.4, 0.5) is 0 Å². The summed E-state index contributed by atoms with van der Waals surface area (Å²) in [6, 6.07) is -0.383. The van der Waals surface area contributed by atoms with E-state index in [1.165, 1.54) is 6.42 Å². The Balaban J connectivity index is 2.16. The van der Waals surface area contributed by atoms with Crippen LogP contribution in [0.25, 0.3) is 0 Å². The molecule has 0 saturated heterocycles. The second-order valence-electron chi connectivity index (χ2n) is 4.42. The Hall–Kier alpha value is -0.570. The Morgan fingerprint density at radius 2 is 2.25 bits per heavy atom. The average Bonchev–Trinajstić information content (AvgIpc) is 2.54. The highest BCUT2D eigenvalue weighted by Crippen LogP contribution is 2.50. The monoisotopic (exact) mass is 170 g/mol. The molecule has 1 aliphatic carbocycles. The van der Waals surface area contributed by atoms with Crippen molar-refractivity contribution in [2.24, 2.45) is 17.1 Å². The quantitative estimate of drug-likeness (QED) is 0.648. The molecule has 3 heteroatoms. The molecular formula is C9H18N2O. The van der Waals surface area contributed by atoms with Gasteiger partial charge in [-0.25, -0.2) is 0 Å². The summed E-state index contributed by atoms with van der Waals surface area (Å²) in [5.41, 5.74) is 5.83. The average molecular weight is 170 g/mol. The third-order valence-corrected chi connectivity index (χ3v) is 2.65. The zero-order valence-electron chi connectivity index (χ0n) is 8.05. The van der Waals surface area contributed by atoms with Crippen molar-refractivity contribution >= 4 is 5.91 Å². The molecule has 0 heterocycles. The molecule has 0 spiro atoms. The topological polar surface area (TPSA) is 55.1 Å². The number of amides is 1. The maximum absolute atomic E-state index is 11.0. The lowest BCUT2D eigenvalue weighted by atomic mass is 10.1. The molecule has 2 atom stereocenters. The molecule has 1 unspecified atom stereocenters. The first kappa shape index (κ1) is 9.52. The van der Waals surface area contributed by atoms with E-state index in [2.05, 4.69) is 19.2 Å². The molecular weight excluding hydrogens is 152 g/mol. The third kappa shape index (κ3) is 2.21. The van der Waals surface area contributed by atoms with Gasteiger partial charge in [0.2, 0.25) is 5.91 Å². The molecule has 1 fully saturated rings. The number of nitrogens with two attached hydrogens (primary N) is 1. The largest absolute Gasteiger partial charge is 0.354 e. The molecule has 70 valence electrons. The maximum atomic E-state index is 11.0. The molecule has 0 aromatic heterocycles. The van der Waals surface area contributed by atoms with Crippen LogP contribution < -0.4 is 11.1 Å². The highest BCUT2D eigenvalue weighted by Gasteiger charge is 2.45. The molecule has 1 rings (SSSR count). The number of carbonyl (C=O) groups is 1. The first-order chi connectivity index (χ1) is 5.43. The molecule has 0 aliphatic heterocycles. The van der Waals surface area contributed by atoms with Crippen LogP contribution in [0.2, 0.25) is 0 Å². The van der Waals surface area contributed by atoms with Gasteiger partial charge in [0.05, 0.1) is 6.04 Å². The van der Waals surface area contributed by atoms with Gasteiger partial charge in [-0.15, -0.1) is 0 Å². The second kappa shape index (κ2) is 3.05. The molecule has 0 aromatic carbocycles. The van der Waals surface area contributed by atoms with Crippen LogP contribution in [-0.4, -0.2) is 18.5 Å². The zero-order valence-corrected chi connectivity index (χ0v) is 8.05. The lowest BCUT2D eigenvalue weighted by Crippen LogP contribution is -2.39. The molecule has 0 radical (unpaired) electrons. The Kier molecular flexibility index (Phi) is 2.42. The van der Waals surface area contributed by atoms with Gasteiger partial charge in [0, 0.05) is 6.54 Å². The van der Waals surface area contributed by atoms with Crippen LogP contribution in [0.3, 0.4) is 0 Å². The van der Waals surface area contributed by atoms with Gasteiger partial charge in [-0.05, 0) is 24.7 Å². The van der Waals surface area contributed by atoms with E-state index in [1.807, 2.05) is 0 Å². The van der Waals surface area contributed by atoms with Crippen molar-refractivity contribution in [3.8, 4) is 0 Å². The number of hydrogen-bond acceptors (Lipinski definition) is 2. The fourth-order valence-corrected chi connectivity index (χ4v) is 1.31. The number of hydrogen-bond donors (Lipinski definition) is 2. The predicted octanol–water partition coefficient (Wildman–Crippen LogP) is 0.496. The summed E-state index contributed by atoms with van der Waals surface area (Å²) in [6.07, 6.45) is 1.21. The molecule has 0 aromatic rings. The zero-order chi connectivity index (χ0) is 9.35. The maximum Gasteiger partial charge on any atom is 0.236 e. The van der Waals surface area contributed by atoms with Gasteiger partial charge in [-0.3, -0.25) is 4.79 Å². The molecule has 1 saturated carbocycles. The summed E-state index contributed by atoms with van der Waals surface area (Å²) >= 11 is 0. The van der Waals surface area contributed by atoms with Crippen LogP contribution in [0, 0.1) is 11.3 Å². The van der Waals surface area contributed by atoms with E-state index in [4.69, 9.17) is 5.73 Å². The minimum absolute atomic E-state index is 0.0438. The van der Waals surface area contributed by atoms with Crippen molar-refractivity contribution < 1.29 is 4.79 Å². The lowest BCUT2D eigenvalue weighted by Gasteiger charge is -2.08. The molecule has 3 nitrogen and oxygen atoms in total. The standard InChI is InChI=1S/C9H18N2O/c1-6(10)8(12)11-5-7-4-9(7,2)3/h6-7H,4-5,10H2,1-3H3,(H,11,12)/t6-,7?/m0/s1. The van der Waals surface area contributed by atoms with Crippen molar-refractivity contribution in [1.82, 2.24) is 5.32 Å². The van der Waals surface area contributed by atoms with E-state index < -0.39 is 0 Å². The van der Waals surface area contributed by atoms with Crippen molar-refractivity contribution in [1.29, 1.82) is 0 Å². The second-order valence-corrected chi connectivity index (χ2v) is 4.42. The fourth-order valence-electron chi connectivity index (χ4n) is 1.31. The van der Waals surface area contributed by atoms with Gasteiger partial charge in [0.15, 0.2) is 0 Å². The van der Waals surface area contributed by atoms with Gasteiger partial charge in [0.25, 0.3) is 0 Å². The summed E-state index contributed by atoms with van der Waals surface area (Å²) < 4.78 is 0. The van der Waals surface area contributed by atoms with E-state index >= 15 is 0 Å². The first-order valence-electron chi connectivity index (χ1n) is 4.47. The smallest absolute Gasteiger partial charge is 0.236 e. The molecule has 1 aliphatic rings. The third-order valence-electron chi connectivity index (χ3n) is 2.65. The van der Waals surface area contributed by atoms with Crippen LogP contribution in [-0.2, 0) is 4.79 Å². The van der Waals surface area contributed by atoms with E-state index in [9.17, 15) is 4.79 Å². The molecule has 12 heavy (non-hydrogen) atoms. The van der Waals surface area contributed by atoms with E-state index in [0.717, 1.165) is 6.54 Å². The van der Waals surface area contributed by atoms with Crippen molar-refractivity contribution in [2.45, 2.75) is 33.2 Å². The Labute approximate surface area is 73.7 Å².